The number of halogens is 1. The monoisotopic (exact) mass is 202 g/mol. The van der Waals surface area contributed by atoms with Gasteiger partial charge in [0.25, 0.3) is 0 Å². The van der Waals surface area contributed by atoms with Crippen molar-refractivity contribution in [3.05, 3.63) is 16.9 Å². The topological polar surface area (TPSA) is 17.8 Å². The molecule has 0 radical (unpaired) electrons. The fourth-order valence-electron chi connectivity index (χ4n) is 0.789. The summed E-state index contributed by atoms with van der Waals surface area (Å²) in [5, 5.41) is 4.12. The molecule has 0 spiro atoms. The third-order valence-corrected chi connectivity index (χ3v) is 2.06. The fraction of sp³-hybridized carbons (Fsp3) is 0.571. The van der Waals surface area contributed by atoms with Crippen LogP contribution in [0.15, 0.2) is 16.9 Å². The molecule has 1 heterocycles. The smallest absolute Gasteiger partial charge is 0.104 e. The molecule has 1 aromatic rings. The minimum atomic E-state index is 1.02. The van der Waals surface area contributed by atoms with E-state index in [-0.39, 0.29) is 0 Å². The highest BCUT2D eigenvalue weighted by Crippen LogP contribution is 2.08. The highest BCUT2D eigenvalue weighted by atomic mass is 79.9. The molecule has 0 aromatic carbocycles. The van der Waals surface area contributed by atoms with E-state index in [0.29, 0.717) is 0 Å². The van der Waals surface area contributed by atoms with Gasteiger partial charge in [0.1, 0.15) is 4.60 Å². The molecule has 0 unspecified atom stereocenters. The van der Waals surface area contributed by atoms with Crippen LogP contribution in [0.5, 0.6) is 0 Å². The number of unbranched alkanes of at least 4 members (excludes halogenated alkanes) is 1. The second kappa shape index (κ2) is 3.76. The van der Waals surface area contributed by atoms with Crippen LogP contribution in [0.3, 0.4) is 0 Å². The summed E-state index contributed by atoms with van der Waals surface area (Å²) < 4.78 is 3.03. The SMILES string of the molecule is CCCCn1nccc1Br. The molecule has 10 heavy (non-hydrogen) atoms. The van der Waals surface area contributed by atoms with Gasteiger partial charge >= 0.3 is 0 Å². The summed E-state index contributed by atoms with van der Waals surface area (Å²) in [6.07, 6.45) is 4.21. The van der Waals surface area contributed by atoms with E-state index in [0.717, 1.165) is 11.1 Å². The average Bonchev–Trinajstić information content (AvgIpc) is 2.31. The van der Waals surface area contributed by atoms with E-state index in [9.17, 15) is 0 Å². The van der Waals surface area contributed by atoms with Crippen molar-refractivity contribution in [2.24, 2.45) is 0 Å². The van der Waals surface area contributed by atoms with Gasteiger partial charge in [0.2, 0.25) is 0 Å². The largest absolute Gasteiger partial charge is 0.258 e. The van der Waals surface area contributed by atoms with E-state index in [1.165, 1.54) is 12.8 Å². The zero-order chi connectivity index (χ0) is 7.40. The molecule has 56 valence electrons. The maximum Gasteiger partial charge on any atom is 0.104 e. The van der Waals surface area contributed by atoms with Gasteiger partial charge in [-0.15, -0.1) is 0 Å². The van der Waals surface area contributed by atoms with Crippen LogP contribution < -0.4 is 0 Å². The molecule has 0 N–H and O–H groups in total. The molecule has 0 atom stereocenters. The van der Waals surface area contributed by atoms with Gasteiger partial charge in [0.05, 0.1) is 6.20 Å². The average molecular weight is 203 g/mol. The summed E-state index contributed by atoms with van der Waals surface area (Å²) >= 11 is 3.40. The summed E-state index contributed by atoms with van der Waals surface area (Å²) in [6.45, 7) is 3.20. The first-order valence-electron chi connectivity index (χ1n) is 3.52. The Morgan fingerprint density at radius 3 is 3.00 bits per heavy atom. The van der Waals surface area contributed by atoms with Gasteiger partial charge in [0.15, 0.2) is 0 Å². The first-order chi connectivity index (χ1) is 4.84. The molecule has 2 nitrogen and oxygen atoms in total. The molecule has 0 aliphatic rings. The normalized spacial score (nSPS) is 10.2. The van der Waals surface area contributed by atoms with Crippen LogP contribution in [0.1, 0.15) is 19.8 Å². The quantitative estimate of drug-likeness (QED) is 0.737. The van der Waals surface area contributed by atoms with E-state index in [1.807, 2.05) is 10.7 Å². The number of nitrogens with zero attached hydrogens (tertiary/aromatic N) is 2. The Morgan fingerprint density at radius 1 is 1.70 bits per heavy atom. The van der Waals surface area contributed by atoms with Crippen molar-refractivity contribution < 1.29 is 0 Å². The first kappa shape index (κ1) is 7.79. The highest BCUT2D eigenvalue weighted by Gasteiger charge is 1.94. The highest BCUT2D eigenvalue weighted by molar-refractivity contribution is 9.10. The zero-order valence-corrected chi connectivity index (χ0v) is 7.63. The third-order valence-electron chi connectivity index (χ3n) is 1.39. The number of rotatable bonds is 3. The molecular formula is C7H11BrN2. The van der Waals surface area contributed by atoms with Gasteiger partial charge in [-0.1, -0.05) is 13.3 Å². The minimum Gasteiger partial charge on any atom is -0.258 e. The minimum absolute atomic E-state index is 1.02. The zero-order valence-electron chi connectivity index (χ0n) is 6.05. The Bertz CT molecular complexity index is 195. The Labute approximate surface area is 69.4 Å². The molecule has 1 rings (SSSR count). The molecule has 0 saturated carbocycles. The van der Waals surface area contributed by atoms with Crippen molar-refractivity contribution >= 4 is 15.9 Å². The second-order valence-electron chi connectivity index (χ2n) is 2.23. The van der Waals surface area contributed by atoms with Crippen LogP contribution in [0, 0.1) is 0 Å². The van der Waals surface area contributed by atoms with E-state index in [4.69, 9.17) is 0 Å². The lowest BCUT2D eigenvalue weighted by molar-refractivity contribution is 0.562. The van der Waals surface area contributed by atoms with E-state index in [2.05, 4.69) is 28.0 Å². The van der Waals surface area contributed by atoms with E-state index in [1.54, 1.807) is 6.20 Å². The molecule has 3 heteroatoms. The number of hydrogen-bond donors (Lipinski definition) is 0. The summed E-state index contributed by atoms with van der Waals surface area (Å²) in [5.74, 6) is 0. The second-order valence-corrected chi connectivity index (χ2v) is 3.04. The lowest BCUT2D eigenvalue weighted by Crippen LogP contribution is -1.98. The molecule has 1 aromatic heterocycles. The summed E-state index contributed by atoms with van der Waals surface area (Å²) in [6, 6.07) is 1.95. The maximum absolute atomic E-state index is 4.12. The standard InChI is InChI=1S/C7H11BrN2/c1-2-3-6-10-7(8)4-5-9-10/h4-5H,2-3,6H2,1H3. The first-order valence-corrected chi connectivity index (χ1v) is 4.31. The predicted molar refractivity (Wildman–Crippen MR) is 44.8 cm³/mol. The summed E-state index contributed by atoms with van der Waals surface area (Å²) in [4.78, 5) is 0. The Kier molecular flexibility index (Phi) is 2.93. The Morgan fingerprint density at radius 2 is 2.50 bits per heavy atom. The van der Waals surface area contributed by atoms with Crippen molar-refractivity contribution in [3.63, 3.8) is 0 Å². The van der Waals surface area contributed by atoms with Crippen LogP contribution in [-0.4, -0.2) is 9.78 Å². The predicted octanol–water partition coefficient (Wildman–Crippen LogP) is 2.45. The lowest BCUT2D eigenvalue weighted by Gasteiger charge is -1.99. The summed E-state index contributed by atoms with van der Waals surface area (Å²) in [5.41, 5.74) is 0. The molecule has 0 aliphatic heterocycles. The Balaban J connectivity index is 2.49. The number of aryl methyl sites for hydroxylation is 1. The van der Waals surface area contributed by atoms with E-state index < -0.39 is 0 Å². The lowest BCUT2D eigenvalue weighted by atomic mass is 10.3. The van der Waals surface area contributed by atoms with Gasteiger partial charge in [-0.2, -0.15) is 5.10 Å². The van der Waals surface area contributed by atoms with Crippen LogP contribution in [0.4, 0.5) is 0 Å². The van der Waals surface area contributed by atoms with Gasteiger partial charge in [-0.25, -0.2) is 0 Å². The molecule has 0 aliphatic carbocycles. The van der Waals surface area contributed by atoms with Crippen molar-refractivity contribution in [1.29, 1.82) is 0 Å². The molecular weight excluding hydrogens is 192 g/mol. The van der Waals surface area contributed by atoms with Gasteiger partial charge < -0.3 is 0 Å². The maximum atomic E-state index is 4.12. The van der Waals surface area contributed by atoms with Gasteiger partial charge in [0, 0.05) is 6.54 Å². The number of hydrogen-bond acceptors (Lipinski definition) is 1. The molecule has 0 saturated heterocycles. The summed E-state index contributed by atoms with van der Waals surface area (Å²) in [7, 11) is 0. The van der Waals surface area contributed by atoms with Gasteiger partial charge in [-0.3, -0.25) is 4.68 Å². The fourth-order valence-corrected chi connectivity index (χ4v) is 1.18. The molecule has 0 amide bonds. The molecule has 0 fully saturated rings. The van der Waals surface area contributed by atoms with Crippen molar-refractivity contribution in [2.75, 3.05) is 0 Å². The van der Waals surface area contributed by atoms with Crippen LogP contribution >= 0.6 is 15.9 Å². The van der Waals surface area contributed by atoms with E-state index >= 15 is 0 Å². The molecule has 0 bridgehead atoms. The Hall–Kier alpha value is -0.310. The third kappa shape index (κ3) is 1.84. The number of aromatic nitrogens is 2. The van der Waals surface area contributed by atoms with Crippen molar-refractivity contribution in [3.8, 4) is 0 Å². The van der Waals surface area contributed by atoms with Gasteiger partial charge in [-0.05, 0) is 28.4 Å². The van der Waals surface area contributed by atoms with Crippen LogP contribution in [-0.2, 0) is 6.54 Å². The van der Waals surface area contributed by atoms with Crippen LogP contribution in [0.25, 0.3) is 0 Å². The van der Waals surface area contributed by atoms with Crippen LogP contribution in [0.2, 0.25) is 0 Å². The van der Waals surface area contributed by atoms with Crippen molar-refractivity contribution in [1.82, 2.24) is 9.78 Å². The van der Waals surface area contributed by atoms with Crippen molar-refractivity contribution in [2.45, 2.75) is 26.3 Å².